The Labute approximate surface area is 476 Å². The van der Waals surface area contributed by atoms with Gasteiger partial charge in [0, 0.05) is 12.8 Å². The van der Waals surface area contributed by atoms with E-state index in [0.717, 1.165) is 44.9 Å². The molecule has 452 valence electrons. The molecule has 0 radical (unpaired) electrons. The van der Waals surface area contributed by atoms with E-state index in [0.29, 0.717) is 25.9 Å². The van der Waals surface area contributed by atoms with Crippen LogP contribution in [-0.4, -0.2) is 47.4 Å². The molecule has 0 aliphatic carbocycles. The maximum atomic E-state index is 12.5. The number of unbranched alkanes of at least 4 members (excludes halogenated alkanes) is 53. The van der Waals surface area contributed by atoms with Gasteiger partial charge in [0.1, 0.15) is 0 Å². The van der Waals surface area contributed by atoms with Crippen molar-refractivity contribution >= 4 is 11.9 Å². The van der Waals surface area contributed by atoms with E-state index in [2.05, 4.69) is 31.3 Å². The Morgan fingerprint density at radius 3 is 0.934 bits per heavy atom. The third kappa shape index (κ3) is 61.8. The molecule has 0 fully saturated rings. The number of nitrogens with one attached hydrogen (secondary N) is 1. The van der Waals surface area contributed by atoms with Gasteiger partial charge in [0.15, 0.2) is 0 Å². The highest BCUT2D eigenvalue weighted by molar-refractivity contribution is 5.76. The van der Waals surface area contributed by atoms with Gasteiger partial charge in [-0.1, -0.05) is 347 Å². The number of hydrogen-bond donors (Lipinski definition) is 3. The zero-order valence-electron chi connectivity index (χ0n) is 51.8. The zero-order valence-corrected chi connectivity index (χ0v) is 51.8. The molecule has 0 bridgehead atoms. The zero-order chi connectivity index (χ0) is 55.0. The molecule has 2 atom stereocenters. The molecule has 0 aliphatic heterocycles. The predicted molar refractivity (Wildman–Crippen MR) is 333 cm³/mol. The molecule has 0 heterocycles. The van der Waals surface area contributed by atoms with Gasteiger partial charge in [-0.15, -0.1) is 0 Å². The molecule has 0 rings (SSSR count). The number of amides is 1. The number of carbonyl (C=O) groups is 2. The first kappa shape index (κ1) is 74.6. The predicted octanol–water partition coefficient (Wildman–Crippen LogP) is 22.4. The molecular weight excluding hydrogens is 935 g/mol. The second-order valence-corrected chi connectivity index (χ2v) is 24.2. The number of carbonyl (C=O) groups excluding carboxylic acids is 2. The van der Waals surface area contributed by atoms with Crippen molar-refractivity contribution in [1.29, 1.82) is 0 Å². The molecule has 0 aliphatic rings. The Bertz CT molecular complexity index is 1140. The van der Waals surface area contributed by atoms with Crippen LogP contribution in [0.1, 0.15) is 399 Å². The van der Waals surface area contributed by atoms with E-state index in [1.807, 2.05) is 0 Å². The first-order valence-corrected chi connectivity index (χ1v) is 34.9. The van der Waals surface area contributed by atoms with Crippen LogP contribution in [0.4, 0.5) is 0 Å². The second-order valence-electron chi connectivity index (χ2n) is 24.2. The van der Waals surface area contributed by atoms with Crippen LogP contribution in [0, 0.1) is 0 Å². The molecule has 0 aromatic carbocycles. The molecule has 0 aromatic rings. The second kappa shape index (κ2) is 66.1. The lowest BCUT2D eigenvalue weighted by Gasteiger charge is -2.22. The fourth-order valence-corrected chi connectivity index (χ4v) is 11.2. The van der Waals surface area contributed by atoms with Gasteiger partial charge in [-0.25, -0.2) is 0 Å². The van der Waals surface area contributed by atoms with Crippen LogP contribution in [-0.2, 0) is 14.3 Å². The Kier molecular flexibility index (Phi) is 64.9. The van der Waals surface area contributed by atoms with Crippen LogP contribution in [0.5, 0.6) is 0 Å². The molecule has 0 saturated carbocycles. The monoisotopic (exact) mass is 1070 g/mol. The molecular formula is C70H137NO5. The molecule has 76 heavy (non-hydrogen) atoms. The van der Waals surface area contributed by atoms with E-state index in [1.165, 1.54) is 321 Å². The van der Waals surface area contributed by atoms with Crippen molar-refractivity contribution in [3.8, 4) is 0 Å². The van der Waals surface area contributed by atoms with Gasteiger partial charge in [-0.3, -0.25) is 9.59 Å². The standard InChI is InChI=1S/C70H137NO5/c1-3-5-7-9-11-13-15-17-19-21-22-23-24-25-27-31-34-38-42-46-50-54-58-62-68(73)67(66-72)71-69(74)63-59-55-51-47-43-39-35-32-28-26-29-33-37-41-45-49-53-57-61-65-76-70(75)64-60-56-52-48-44-40-36-30-20-18-16-14-12-10-8-6-4-2/h18,20,67-68,72-73H,3-17,19,21-66H2,1-2H3,(H,71,74)/b20-18-. The van der Waals surface area contributed by atoms with Crippen molar-refractivity contribution in [2.24, 2.45) is 0 Å². The number of rotatable bonds is 66. The van der Waals surface area contributed by atoms with Gasteiger partial charge >= 0.3 is 5.97 Å². The maximum absolute atomic E-state index is 12.5. The van der Waals surface area contributed by atoms with Crippen LogP contribution in [0.15, 0.2) is 12.2 Å². The van der Waals surface area contributed by atoms with Crippen molar-refractivity contribution in [2.75, 3.05) is 13.2 Å². The summed E-state index contributed by atoms with van der Waals surface area (Å²) in [5, 5.41) is 23.4. The van der Waals surface area contributed by atoms with Crippen molar-refractivity contribution in [2.45, 2.75) is 411 Å². The summed E-state index contributed by atoms with van der Waals surface area (Å²) in [5.41, 5.74) is 0. The van der Waals surface area contributed by atoms with Gasteiger partial charge in [-0.05, 0) is 51.4 Å². The third-order valence-corrected chi connectivity index (χ3v) is 16.6. The summed E-state index contributed by atoms with van der Waals surface area (Å²) in [5.74, 6) is -0.0256. The number of aliphatic hydroxyl groups excluding tert-OH is 2. The van der Waals surface area contributed by atoms with E-state index < -0.39 is 12.1 Å². The lowest BCUT2D eigenvalue weighted by molar-refractivity contribution is -0.143. The Morgan fingerprint density at radius 2 is 0.618 bits per heavy atom. The van der Waals surface area contributed by atoms with Gasteiger partial charge < -0.3 is 20.3 Å². The summed E-state index contributed by atoms with van der Waals surface area (Å²) in [6.45, 7) is 4.98. The van der Waals surface area contributed by atoms with Crippen LogP contribution in [0.3, 0.4) is 0 Å². The van der Waals surface area contributed by atoms with Crippen molar-refractivity contribution in [1.82, 2.24) is 5.32 Å². The summed E-state index contributed by atoms with van der Waals surface area (Å²) in [4.78, 5) is 24.6. The summed E-state index contributed by atoms with van der Waals surface area (Å²) < 4.78 is 5.50. The lowest BCUT2D eigenvalue weighted by Crippen LogP contribution is -2.45. The molecule has 1 amide bonds. The van der Waals surface area contributed by atoms with E-state index in [1.54, 1.807) is 0 Å². The van der Waals surface area contributed by atoms with Crippen molar-refractivity contribution < 1.29 is 24.5 Å². The first-order chi connectivity index (χ1) is 37.5. The average molecular weight is 1070 g/mol. The lowest BCUT2D eigenvalue weighted by atomic mass is 10.0. The molecule has 6 heteroatoms. The average Bonchev–Trinajstić information content (AvgIpc) is 3.42. The number of esters is 1. The number of allylic oxidation sites excluding steroid dienone is 2. The molecule has 0 aromatic heterocycles. The largest absolute Gasteiger partial charge is 0.466 e. The minimum absolute atomic E-state index is 0.00720. The molecule has 0 saturated heterocycles. The maximum Gasteiger partial charge on any atom is 0.305 e. The van der Waals surface area contributed by atoms with Crippen LogP contribution in [0.25, 0.3) is 0 Å². The third-order valence-electron chi connectivity index (χ3n) is 16.6. The summed E-state index contributed by atoms with van der Waals surface area (Å²) in [6, 6.07) is -0.545. The smallest absolute Gasteiger partial charge is 0.305 e. The summed E-state index contributed by atoms with van der Waals surface area (Å²) >= 11 is 0. The van der Waals surface area contributed by atoms with Crippen molar-refractivity contribution in [3.05, 3.63) is 12.2 Å². The molecule has 0 spiro atoms. The van der Waals surface area contributed by atoms with Gasteiger partial charge in [0.25, 0.3) is 0 Å². The summed E-state index contributed by atoms with van der Waals surface area (Å²) in [6.07, 6.45) is 81.0. The fourth-order valence-electron chi connectivity index (χ4n) is 11.2. The highest BCUT2D eigenvalue weighted by Crippen LogP contribution is 2.19. The Balaban J connectivity index is 3.39. The minimum atomic E-state index is -0.667. The minimum Gasteiger partial charge on any atom is -0.466 e. The summed E-state index contributed by atoms with van der Waals surface area (Å²) in [7, 11) is 0. The fraction of sp³-hybridized carbons (Fsp3) is 0.943. The first-order valence-electron chi connectivity index (χ1n) is 34.9. The number of ether oxygens (including phenoxy) is 1. The Hall–Kier alpha value is -1.40. The van der Waals surface area contributed by atoms with Gasteiger partial charge in [0.2, 0.25) is 5.91 Å². The van der Waals surface area contributed by atoms with E-state index in [-0.39, 0.29) is 18.5 Å². The quantitative estimate of drug-likeness (QED) is 0.0320. The van der Waals surface area contributed by atoms with E-state index in [9.17, 15) is 19.8 Å². The number of aliphatic hydroxyl groups is 2. The topological polar surface area (TPSA) is 95.9 Å². The highest BCUT2D eigenvalue weighted by atomic mass is 16.5. The van der Waals surface area contributed by atoms with E-state index in [4.69, 9.17) is 4.74 Å². The Morgan fingerprint density at radius 1 is 0.355 bits per heavy atom. The SMILES string of the molecule is CCCCCCCC/C=C\CCCCCCCCCC(=O)OCCCCCCCCCCCCCCCCCCCCCC(=O)NC(CO)C(O)CCCCCCCCCCCCCCCCCCCCCCCCC. The molecule has 6 nitrogen and oxygen atoms in total. The van der Waals surface area contributed by atoms with Gasteiger partial charge in [0.05, 0.1) is 25.4 Å². The molecule has 2 unspecified atom stereocenters. The normalized spacial score (nSPS) is 12.5. The van der Waals surface area contributed by atoms with Crippen LogP contribution < -0.4 is 5.32 Å². The van der Waals surface area contributed by atoms with Gasteiger partial charge in [-0.2, -0.15) is 0 Å². The van der Waals surface area contributed by atoms with E-state index >= 15 is 0 Å². The number of hydrogen-bond acceptors (Lipinski definition) is 5. The van der Waals surface area contributed by atoms with Crippen LogP contribution in [0.2, 0.25) is 0 Å². The van der Waals surface area contributed by atoms with Crippen molar-refractivity contribution in [3.63, 3.8) is 0 Å². The van der Waals surface area contributed by atoms with Crippen LogP contribution >= 0.6 is 0 Å². The molecule has 3 N–H and O–H groups in total. The highest BCUT2D eigenvalue weighted by Gasteiger charge is 2.20.